The summed E-state index contributed by atoms with van der Waals surface area (Å²) < 4.78 is 13.7. The Morgan fingerprint density at radius 3 is 1.89 bits per heavy atom. The molecule has 216 valence electrons. The Morgan fingerprint density at radius 1 is 0.705 bits per heavy atom. The second kappa shape index (κ2) is 13.4. The average molecular weight is 578 g/mol. The topological polar surface area (TPSA) is 64.8 Å². The van der Waals surface area contributed by atoms with Gasteiger partial charge in [-0.1, -0.05) is 91.0 Å². The normalized spacial score (nSPS) is 10.9. The van der Waals surface area contributed by atoms with Gasteiger partial charge in [0, 0.05) is 11.3 Å². The molecule has 6 rings (SSSR count). The molecule has 0 aliphatic rings. The highest BCUT2D eigenvalue weighted by Crippen LogP contribution is 2.32. The van der Waals surface area contributed by atoms with Crippen molar-refractivity contribution in [1.29, 1.82) is 0 Å². The SMILES string of the molecule is COc1cc(/C=N\NC(=O)c2ccc(-n3c(-c4ccccc4)ccc3-c3ccccc3)cc2)ccc1OCc1ccccc1. The molecule has 1 amide bonds. The van der Waals surface area contributed by atoms with Crippen LogP contribution in [0.2, 0.25) is 0 Å². The van der Waals surface area contributed by atoms with Gasteiger partial charge < -0.3 is 14.0 Å². The molecule has 0 atom stereocenters. The van der Waals surface area contributed by atoms with Gasteiger partial charge in [-0.15, -0.1) is 0 Å². The molecule has 0 radical (unpaired) electrons. The summed E-state index contributed by atoms with van der Waals surface area (Å²) in [5.41, 5.74) is 10.3. The first kappa shape index (κ1) is 28.2. The number of nitrogens with one attached hydrogen (secondary N) is 1. The van der Waals surface area contributed by atoms with Crippen LogP contribution in [0.1, 0.15) is 21.5 Å². The number of hydrogen-bond acceptors (Lipinski definition) is 4. The van der Waals surface area contributed by atoms with Crippen LogP contribution in [0.25, 0.3) is 28.2 Å². The molecule has 1 heterocycles. The Balaban J connectivity index is 1.16. The molecule has 6 aromatic rings. The van der Waals surface area contributed by atoms with E-state index < -0.39 is 0 Å². The van der Waals surface area contributed by atoms with E-state index in [0.29, 0.717) is 23.7 Å². The van der Waals surface area contributed by atoms with Crippen LogP contribution in [0.15, 0.2) is 151 Å². The highest BCUT2D eigenvalue weighted by molar-refractivity contribution is 5.95. The van der Waals surface area contributed by atoms with Crippen LogP contribution in [0.5, 0.6) is 11.5 Å². The number of amides is 1. The molecule has 1 N–H and O–H groups in total. The molecule has 0 unspecified atom stereocenters. The van der Waals surface area contributed by atoms with Crippen LogP contribution in [0.4, 0.5) is 0 Å². The quantitative estimate of drug-likeness (QED) is 0.132. The summed E-state index contributed by atoms with van der Waals surface area (Å²) in [7, 11) is 1.59. The number of hydrazone groups is 1. The number of carbonyl (C=O) groups is 1. The standard InChI is InChI=1S/C38H31N3O3/c1-43-37-25-29(17-24-36(37)44-27-28-11-5-2-6-12-28)26-39-40-38(42)32-18-20-33(21-19-32)41-34(30-13-7-3-8-14-30)22-23-35(41)31-15-9-4-10-16-31/h2-26H,27H2,1H3,(H,40,42)/b39-26-. The second-order valence-electron chi connectivity index (χ2n) is 10.1. The van der Waals surface area contributed by atoms with Crippen LogP contribution in [0, 0.1) is 0 Å². The van der Waals surface area contributed by atoms with Crippen molar-refractivity contribution in [2.45, 2.75) is 6.61 Å². The molecule has 0 spiro atoms. The highest BCUT2D eigenvalue weighted by atomic mass is 16.5. The summed E-state index contributed by atoms with van der Waals surface area (Å²) in [4.78, 5) is 12.9. The predicted octanol–water partition coefficient (Wildman–Crippen LogP) is 8.16. The van der Waals surface area contributed by atoms with Crippen molar-refractivity contribution in [3.05, 3.63) is 162 Å². The van der Waals surface area contributed by atoms with E-state index in [-0.39, 0.29) is 5.91 Å². The number of ether oxygens (including phenoxy) is 2. The number of nitrogens with zero attached hydrogens (tertiary/aromatic N) is 2. The molecule has 6 heteroatoms. The molecule has 1 aromatic heterocycles. The molecule has 0 bridgehead atoms. The van der Waals surface area contributed by atoms with E-state index in [1.807, 2.05) is 109 Å². The van der Waals surface area contributed by atoms with E-state index in [1.165, 1.54) is 0 Å². The summed E-state index contributed by atoms with van der Waals surface area (Å²) in [6, 6.07) is 47.8. The maximum absolute atomic E-state index is 12.9. The number of carbonyl (C=O) groups excluding carboxylic acids is 1. The van der Waals surface area contributed by atoms with Gasteiger partial charge >= 0.3 is 0 Å². The fourth-order valence-corrected chi connectivity index (χ4v) is 4.99. The molecule has 0 saturated carbocycles. The van der Waals surface area contributed by atoms with Crippen LogP contribution in [-0.4, -0.2) is 23.8 Å². The lowest BCUT2D eigenvalue weighted by Gasteiger charge is -2.15. The lowest BCUT2D eigenvalue weighted by Crippen LogP contribution is -2.17. The van der Waals surface area contributed by atoms with Crippen molar-refractivity contribution in [3.63, 3.8) is 0 Å². The largest absolute Gasteiger partial charge is 0.493 e. The molecular weight excluding hydrogens is 546 g/mol. The van der Waals surface area contributed by atoms with Gasteiger partial charge in [-0.25, -0.2) is 5.43 Å². The van der Waals surface area contributed by atoms with Crippen LogP contribution < -0.4 is 14.9 Å². The summed E-state index contributed by atoms with van der Waals surface area (Å²) in [6.07, 6.45) is 1.58. The minimum Gasteiger partial charge on any atom is -0.493 e. The zero-order valence-electron chi connectivity index (χ0n) is 24.3. The Morgan fingerprint density at radius 2 is 1.30 bits per heavy atom. The average Bonchev–Trinajstić information content (AvgIpc) is 3.54. The van der Waals surface area contributed by atoms with Gasteiger partial charge in [0.2, 0.25) is 0 Å². The predicted molar refractivity (Wildman–Crippen MR) is 175 cm³/mol. The van der Waals surface area contributed by atoms with Crippen LogP contribution in [0.3, 0.4) is 0 Å². The molecule has 0 saturated heterocycles. The third kappa shape index (κ3) is 6.45. The maximum atomic E-state index is 12.9. The van der Waals surface area contributed by atoms with Crippen molar-refractivity contribution >= 4 is 12.1 Å². The Bertz CT molecular complexity index is 1810. The second-order valence-corrected chi connectivity index (χ2v) is 10.1. The number of methoxy groups -OCH3 is 1. The first-order valence-corrected chi connectivity index (χ1v) is 14.3. The Labute approximate surface area is 256 Å². The van der Waals surface area contributed by atoms with Crippen molar-refractivity contribution in [2.24, 2.45) is 5.10 Å². The lowest BCUT2D eigenvalue weighted by molar-refractivity contribution is 0.0955. The van der Waals surface area contributed by atoms with Gasteiger partial charge in [0.05, 0.1) is 24.7 Å². The van der Waals surface area contributed by atoms with Crippen LogP contribution >= 0.6 is 0 Å². The molecule has 44 heavy (non-hydrogen) atoms. The molecule has 6 nitrogen and oxygen atoms in total. The minimum absolute atomic E-state index is 0.304. The molecule has 0 aliphatic carbocycles. The minimum atomic E-state index is -0.304. The first-order chi connectivity index (χ1) is 21.7. The monoisotopic (exact) mass is 577 g/mol. The fourth-order valence-electron chi connectivity index (χ4n) is 4.99. The van der Waals surface area contributed by atoms with E-state index in [1.54, 1.807) is 13.3 Å². The van der Waals surface area contributed by atoms with E-state index in [4.69, 9.17) is 9.47 Å². The third-order valence-electron chi connectivity index (χ3n) is 7.21. The van der Waals surface area contributed by atoms with E-state index in [2.05, 4.69) is 51.5 Å². The number of aromatic nitrogens is 1. The summed E-state index contributed by atoms with van der Waals surface area (Å²) in [5, 5.41) is 4.17. The zero-order chi connectivity index (χ0) is 30.1. The van der Waals surface area contributed by atoms with Crippen molar-refractivity contribution in [2.75, 3.05) is 7.11 Å². The Hall–Kier alpha value is -5.88. The van der Waals surface area contributed by atoms with Gasteiger partial charge in [-0.2, -0.15) is 5.10 Å². The highest BCUT2D eigenvalue weighted by Gasteiger charge is 2.14. The van der Waals surface area contributed by atoms with E-state index in [9.17, 15) is 4.79 Å². The molecule has 0 aliphatic heterocycles. The maximum Gasteiger partial charge on any atom is 0.271 e. The summed E-state index contributed by atoms with van der Waals surface area (Å²) in [6.45, 7) is 0.435. The number of hydrogen-bond donors (Lipinski definition) is 1. The number of rotatable bonds is 10. The van der Waals surface area contributed by atoms with Gasteiger partial charge in [0.1, 0.15) is 6.61 Å². The summed E-state index contributed by atoms with van der Waals surface area (Å²) in [5.74, 6) is 0.911. The van der Waals surface area contributed by atoms with Gasteiger partial charge in [0.15, 0.2) is 11.5 Å². The van der Waals surface area contributed by atoms with E-state index in [0.717, 1.165) is 39.3 Å². The number of benzene rings is 5. The van der Waals surface area contributed by atoms with Gasteiger partial charge in [0.25, 0.3) is 5.91 Å². The zero-order valence-corrected chi connectivity index (χ0v) is 24.3. The first-order valence-electron chi connectivity index (χ1n) is 14.3. The van der Waals surface area contributed by atoms with Crippen LogP contribution in [-0.2, 0) is 6.61 Å². The smallest absolute Gasteiger partial charge is 0.271 e. The molecular formula is C38H31N3O3. The Kier molecular flexibility index (Phi) is 8.60. The van der Waals surface area contributed by atoms with Gasteiger partial charge in [-0.3, -0.25) is 4.79 Å². The van der Waals surface area contributed by atoms with E-state index >= 15 is 0 Å². The lowest BCUT2D eigenvalue weighted by atomic mass is 10.1. The van der Waals surface area contributed by atoms with Gasteiger partial charge in [-0.05, 0) is 76.9 Å². The summed E-state index contributed by atoms with van der Waals surface area (Å²) >= 11 is 0. The molecule has 0 fully saturated rings. The molecule has 5 aromatic carbocycles. The van der Waals surface area contributed by atoms with Crippen molar-refractivity contribution < 1.29 is 14.3 Å². The third-order valence-corrected chi connectivity index (χ3v) is 7.21. The van der Waals surface area contributed by atoms with Crippen molar-refractivity contribution in [3.8, 4) is 39.7 Å². The van der Waals surface area contributed by atoms with Crippen molar-refractivity contribution in [1.82, 2.24) is 9.99 Å². The fraction of sp³-hybridized carbons (Fsp3) is 0.0526.